The molecular weight excluding hydrogens is 338 g/mol. The number of hydrogen-bond donors (Lipinski definition) is 0. The summed E-state index contributed by atoms with van der Waals surface area (Å²) >= 11 is 0. The average molecular weight is 364 g/mol. The van der Waals surface area contributed by atoms with Crippen LogP contribution in [0.5, 0.6) is 5.75 Å². The first-order valence-electron chi connectivity index (χ1n) is 9.26. The van der Waals surface area contributed by atoms with Gasteiger partial charge in [-0.3, -0.25) is 4.90 Å². The fourth-order valence-electron chi connectivity index (χ4n) is 5.22. The molecule has 3 unspecified atom stereocenters. The maximum absolute atomic E-state index is 13.2. The minimum Gasteiger partial charge on any atom is -0.489 e. The van der Waals surface area contributed by atoms with Gasteiger partial charge in [0.2, 0.25) is 0 Å². The summed E-state index contributed by atoms with van der Waals surface area (Å²) in [6.45, 7) is 1.42. The van der Waals surface area contributed by atoms with E-state index < -0.39 is 0 Å². The van der Waals surface area contributed by atoms with Gasteiger partial charge >= 0.3 is 6.03 Å². The number of anilines is 1. The molecule has 4 aliphatic heterocycles. The van der Waals surface area contributed by atoms with Crippen molar-refractivity contribution >= 4 is 24.1 Å². The minimum absolute atomic E-state index is 0. The van der Waals surface area contributed by atoms with E-state index in [9.17, 15) is 4.79 Å². The molecular formula is C19H26ClN3O2. The second kappa shape index (κ2) is 6.36. The van der Waals surface area contributed by atoms with E-state index in [-0.39, 0.29) is 24.5 Å². The van der Waals surface area contributed by atoms with Gasteiger partial charge in [0, 0.05) is 24.7 Å². The lowest BCUT2D eigenvalue weighted by Crippen LogP contribution is -2.56. The van der Waals surface area contributed by atoms with Gasteiger partial charge in [-0.1, -0.05) is 18.6 Å². The molecule has 0 aromatic heterocycles. The van der Waals surface area contributed by atoms with Gasteiger partial charge in [0.05, 0.1) is 11.7 Å². The van der Waals surface area contributed by atoms with Crippen molar-refractivity contribution in [2.45, 2.75) is 56.3 Å². The number of para-hydroxylation sites is 2. The molecule has 5 rings (SSSR count). The van der Waals surface area contributed by atoms with Gasteiger partial charge in [0.1, 0.15) is 12.4 Å². The lowest BCUT2D eigenvalue weighted by atomic mass is 9.82. The molecule has 136 valence electrons. The molecule has 4 heterocycles. The molecule has 4 aliphatic rings. The van der Waals surface area contributed by atoms with E-state index >= 15 is 0 Å². The Labute approximate surface area is 155 Å². The smallest absolute Gasteiger partial charge is 0.325 e. The van der Waals surface area contributed by atoms with E-state index in [1.54, 1.807) is 0 Å². The fraction of sp³-hybridized carbons (Fsp3) is 0.632. The van der Waals surface area contributed by atoms with Gasteiger partial charge in [-0.05, 0) is 44.9 Å². The van der Waals surface area contributed by atoms with Crippen molar-refractivity contribution in [2.75, 3.05) is 25.1 Å². The zero-order valence-corrected chi connectivity index (χ0v) is 15.5. The number of rotatable bonds is 1. The second-order valence-electron chi connectivity index (χ2n) is 7.77. The van der Waals surface area contributed by atoms with Crippen LogP contribution in [0, 0.1) is 0 Å². The summed E-state index contributed by atoms with van der Waals surface area (Å²) in [4.78, 5) is 19.9. The number of carbonyl (C=O) groups excluding carboxylic acids is 1. The lowest BCUT2D eigenvalue weighted by Gasteiger charge is -2.48. The summed E-state index contributed by atoms with van der Waals surface area (Å²) in [6.07, 6.45) is 6.16. The van der Waals surface area contributed by atoms with Crippen LogP contribution in [0.2, 0.25) is 0 Å². The van der Waals surface area contributed by atoms with Crippen LogP contribution in [0.15, 0.2) is 24.3 Å². The number of hydrogen-bond acceptors (Lipinski definition) is 3. The molecule has 1 aromatic rings. The summed E-state index contributed by atoms with van der Waals surface area (Å²) < 4.78 is 5.88. The first kappa shape index (κ1) is 17.0. The third-order valence-corrected chi connectivity index (χ3v) is 6.54. The molecule has 2 bridgehead atoms. The molecule has 5 nitrogen and oxygen atoms in total. The highest BCUT2D eigenvalue weighted by Crippen LogP contribution is 2.41. The predicted molar refractivity (Wildman–Crippen MR) is 99.8 cm³/mol. The second-order valence-corrected chi connectivity index (χ2v) is 7.77. The van der Waals surface area contributed by atoms with Crippen molar-refractivity contribution in [3.8, 4) is 5.75 Å². The molecule has 2 amide bonds. The van der Waals surface area contributed by atoms with Crippen molar-refractivity contribution in [3.05, 3.63) is 24.3 Å². The van der Waals surface area contributed by atoms with E-state index in [1.807, 2.05) is 29.2 Å². The lowest BCUT2D eigenvalue weighted by molar-refractivity contribution is 0.0240. The number of fused-ring (bicyclic) bond motifs is 5. The Bertz CT molecular complexity index is 656. The fourth-order valence-corrected chi connectivity index (χ4v) is 5.22. The summed E-state index contributed by atoms with van der Waals surface area (Å²) in [6, 6.07) is 9.95. The number of piperidine rings is 2. The molecule has 3 saturated heterocycles. The van der Waals surface area contributed by atoms with Gasteiger partial charge in [0.15, 0.2) is 0 Å². The molecule has 0 spiro atoms. The number of ether oxygens (including phenoxy) is 1. The van der Waals surface area contributed by atoms with E-state index in [2.05, 4.69) is 16.8 Å². The Morgan fingerprint density at radius 3 is 2.52 bits per heavy atom. The van der Waals surface area contributed by atoms with Crippen LogP contribution in [-0.4, -0.2) is 60.2 Å². The summed E-state index contributed by atoms with van der Waals surface area (Å²) in [5, 5.41) is 0. The van der Waals surface area contributed by atoms with Crippen LogP contribution >= 0.6 is 12.4 Å². The summed E-state index contributed by atoms with van der Waals surface area (Å²) in [5.41, 5.74) is 0.939. The van der Waals surface area contributed by atoms with E-state index in [4.69, 9.17) is 4.74 Å². The monoisotopic (exact) mass is 363 g/mol. The average Bonchev–Trinajstić information content (AvgIpc) is 2.92. The molecule has 0 aliphatic carbocycles. The molecule has 25 heavy (non-hydrogen) atoms. The normalized spacial score (nSPS) is 34.0. The molecule has 0 saturated carbocycles. The number of amides is 2. The maximum atomic E-state index is 13.2. The van der Waals surface area contributed by atoms with Crippen LogP contribution in [0.25, 0.3) is 0 Å². The molecule has 3 fully saturated rings. The maximum Gasteiger partial charge on any atom is 0.325 e. The number of urea groups is 1. The van der Waals surface area contributed by atoms with E-state index in [1.165, 1.54) is 19.3 Å². The predicted octanol–water partition coefficient (Wildman–Crippen LogP) is 3.13. The van der Waals surface area contributed by atoms with Crippen molar-refractivity contribution < 1.29 is 9.53 Å². The quantitative estimate of drug-likeness (QED) is 0.769. The minimum atomic E-state index is 0. The highest BCUT2D eigenvalue weighted by atomic mass is 35.5. The molecule has 0 N–H and O–H groups in total. The van der Waals surface area contributed by atoms with Crippen molar-refractivity contribution in [3.63, 3.8) is 0 Å². The SMILES string of the molecule is CN1C2CCCC1CC(N1CC3COc4ccccc4N3C1=O)C2.Cl. The zero-order chi connectivity index (χ0) is 16.3. The highest BCUT2D eigenvalue weighted by molar-refractivity contribution is 5.97. The first-order chi connectivity index (χ1) is 11.7. The van der Waals surface area contributed by atoms with Crippen LogP contribution in [0.3, 0.4) is 0 Å². The largest absolute Gasteiger partial charge is 0.489 e. The first-order valence-corrected chi connectivity index (χ1v) is 9.26. The third kappa shape index (κ3) is 2.59. The van der Waals surface area contributed by atoms with Crippen LogP contribution in [0.1, 0.15) is 32.1 Å². The van der Waals surface area contributed by atoms with Crippen molar-refractivity contribution in [1.29, 1.82) is 0 Å². The van der Waals surface area contributed by atoms with Gasteiger partial charge in [-0.2, -0.15) is 0 Å². The number of benzene rings is 1. The van der Waals surface area contributed by atoms with E-state index in [0.29, 0.717) is 24.7 Å². The Balaban J connectivity index is 0.00000157. The third-order valence-electron chi connectivity index (χ3n) is 6.54. The van der Waals surface area contributed by atoms with E-state index in [0.717, 1.165) is 30.8 Å². The molecule has 0 radical (unpaired) electrons. The number of carbonyl (C=O) groups is 1. The Hall–Kier alpha value is -1.46. The Kier molecular flexibility index (Phi) is 4.32. The topological polar surface area (TPSA) is 36.0 Å². The highest BCUT2D eigenvalue weighted by Gasteiger charge is 2.47. The van der Waals surface area contributed by atoms with Gasteiger partial charge in [0.25, 0.3) is 0 Å². The van der Waals surface area contributed by atoms with Crippen LogP contribution in [0.4, 0.5) is 10.5 Å². The van der Waals surface area contributed by atoms with Gasteiger partial charge in [-0.25, -0.2) is 4.79 Å². The number of nitrogens with zero attached hydrogens (tertiary/aromatic N) is 3. The van der Waals surface area contributed by atoms with Gasteiger partial charge in [-0.15, -0.1) is 12.4 Å². The Morgan fingerprint density at radius 2 is 1.76 bits per heavy atom. The molecule has 1 aromatic carbocycles. The standard InChI is InChI=1S/C19H25N3O2.ClH/c1-20-13-5-4-6-14(20)10-15(9-13)21-11-16-12-24-18-8-3-2-7-17(18)22(16)19(21)23;/h2-3,7-8,13-16H,4-6,9-12H2,1H3;1H. The van der Waals surface area contributed by atoms with Crippen molar-refractivity contribution in [1.82, 2.24) is 9.80 Å². The zero-order valence-electron chi connectivity index (χ0n) is 14.6. The van der Waals surface area contributed by atoms with Crippen LogP contribution < -0.4 is 9.64 Å². The summed E-state index contributed by atoms with van der Waals surface area (Å²) in [7, 11) is 2.27. The number of halogens is 1. The van der Waals surface area contributed by atoms with Crippen LogP contribution in [-0.2, 0) is 0 Å². The molecule has 6 heteroatoms. The summed E-state index contributed by atoms with van der Waals surface area (Å²) in [5.74, 6) is 0.837. The Morgan fingerprint density at radius 1 is 1.04 bits per heavy atom. The van der Waals surface area contributed by atoms with Gasteiger partial charge < -0.3 is 14.5 Å². The molecule has 3 atom stereocenters. The van der Waals surface area contributed by atoms with Crippen molar-refractivity contribution in [2.24, 2.45) is 0 Å².